The molecule has 1 amide bonds. The lowest BCUT2D eigenvalue weighted by Crippen LogP contribution is -2.53. The number of carbonyl (C=O) groups is 1. The number of piperazine rings is 1. The molecule has 1 aromatic carbocycles. The van der Waals surface area contributed by atoms with Crippen LogP contribution in [0.4, 0.5) is 0 Å². The van der Waals surface area contributed by atoms with Crippen LogP contribution < -0.4 is 0 Å². The van der Waals surface area contributed by atoms with Gasteiger partial charge in [-0.15, -0.1) is 0 Å². The molecular formula is C25H31N5O. The largest absolute Gasteiger partial charge is 0.336 e. The minimum absolute atomic E-state index is 0.333. The van der Waals surface area contributed by atoms with Gasteiger partial charge in [-0.3, -0.25) is 14.6 Å². The second-order valence-electron chi connectivity index (χ2n) is 9.80. The second-order valence-corrected chi connectivity index (χ2v) is 9.80. The third-order valence-electron chi connectivity index (χ3n) is 7.95. The third-order valence-corrected chi connectivity index (χ3v) is 7.95. The number of hydrogen-bond donors (Lipinski definition) is 0. The number of amides is 1. The van der Waals surface area contributed by atoms with Crippen molar-refractivity contribution in [3.05, 3.63) is 48.0 Å². The Labute approximate surface area is 184 Å². The number of likely N-dealkylation sites (tertiary alicyclic amines) is 2. The molecule has 2 atom stereocenters. The molecule has 4 heterocycles. The van der Waals surface area contributed by atoms with Gasteiger partial charge in [0.2, 0.25) is 5.91 Å². The molecular weight excluding hydrogens is 386 g/mol. The highest BCUT2D eigenvalue weighted by atomic mass is 16.2. The molecule has 162 valence electrons. The average Bonchev–Trinajstić information content (AvgIpc) is 3.56. The molecule has 6 rings (SSSR count). The van der Waals surface area contributed by atoms with Crippen LogP contribution in [0.1, 0.15) is 43.2 Å². The van der Waals surface area contributed by atoms with Crippen LogP contribution in [0.2, 0.25) is 0 Å². The Kier molecular flexibility index (Phi) is 4.99. The van der Waals surface area contributed by atoms with Crippen LogP contribution in [0.25, 0.3) is 11.1 Å². The first-order chi connectivity index (χ1) is 15.2. The smallest absolute Gasteiger partial charge is 0.237 e. The van der Waals surface area contributed by atoms with E-state index in [4.69, 9.17) is 0 Å². The summed E-state index contributed by atoms with van der Waals surface area (Å²) in [4.78, 5) is 28.7. The lowest BCUT2D eigenvalue weighted by Gasteiger charge is -2.38. The zero-order valence-electron chi connectivity index (χ0n) is 18.1. The molecule has 1 aromatic heterocycles. The fourth-order valence-corrected chi connectivity index (χ4v) is 6.34. The van der Waals surface area contributed by atoms with Crippen molar-refractivity contribution in [2.24, 2.45) is 0 Å². The monoisotopic (exact) mass is 417 g/mol. The van der Waals surface area contributed by atoms with Gasteiger partial charge in [-0.1, -0.05) is 31.0 Å². The van der Waals surface area contributed by atoms with Crippen molar-refractivity contribution >= 4 is 5.91 Å². The molecule has 6 heteroatoms. The molecule has 1 aliphatic carbocycles. The minimum Gasteiger partial charge on any atom is -0.336 e. The topological polar surface area (TPSA) is 52.6 Å². The van der Waals surface area contributed by atoms with Crippen molar-refractivity contribution in [1.29, 1.82) is 0 Å². The summed E-state index contributed by atoms with van der Waals surface area (Å²) in [6.07, 6.45) is 13.0. The predicted octanol–water partition coefficient (Wildman–Crippen LogP) is 2.73. The van der Waals surface area contributed by atoms with Crippen LogP contribution >= 0.6 is 0 Å². The molecule has 31 heavy (non-hydrogen) atoms. The number of aromatic nitrogens is 2. The summed E-state index contributed by atoms with van der Waals surface area (Å²) in [5.74, 6) is 0.333. The average molecular weight is 418 g/mol. The Morgan fingerprint density at radius 3 is 2.58 bits per heavy atom. The van der Waals surface area contributed by atoms with Gasteiger partial charge < -0.3 is 4.90 Å². The molecule has 3 fully saturated rings. The molecule has 6 nitrogen and oxygen atoms in total. The molecule has 4 aliphatic rings. The minimum atomic E-state index is 0.333. The van der Waals surface area contributed by atoms with Crippen molar-refractivity contribution < 1.29 is 4.79 Å². The molecule has 2 saturated heterocycles. The molecule has 0 radical (unpaired) electrons. The van der Waals surface area contributed by atoms with Crippen LogP contribution in [0, 0.1) is 0 Å². The summed E-state index contributed by atoms with van der Waals surface area (Å²) >= 11 is 0. The molecule has 2 aromatic rings. The lowest BCUT2D eigenvalue weighted by atomic mass is 9.95. The number of nitrogens with zero attached hydrogens (tertiary/aromatic N) is 5. The number of carbonyl (C=O) groups excluding carboxylic acids is 1. The Bertz CT molecular complexity index is 958. The zero-order valence-corrected chi connectivity index (χ0v) is 18.1. The standard InChI is InChI=1S/C25H31N5O/c31-25(30-15-23-10-24(30)14-29(23)22-3-1-2-4-22)16-28-8-7-19-9-18(5-6-20(19)13-28)21-11-26-17-27-12-21/h5-6,9,11-12,17,22-24H,1-4,7-8,10,13-16H2/t23-,24?/m0/s1. The van der Waals surface area contributed by atoms with E-state index in [9.17, 15) is 4.79 Å². The van der Waals surface area contributed by atoms with E-state index in [1.54, 1.807) is 6.33 Å². The Morgan fingerprint density at radius 2 is 1.81 bits per heavy atom. The van der Waals surface area contributed by atoms with E-state index in [-0.39, 0.29) is 0 Å². The van der Waals surface area contributed by atoms with Crippen LogP contribution in [-0.2, 0) is 17.8 Å². The van der Waals surface area contributed by atoms with Gasteiger partial charge in [-0.2, -0.15) is 0 Å². The highest BCUT2D eigenvalue weighted by molar-refractivity contribution is 5.79. The van der Waals surface area contributed by atoms with E-state index in [0.29, 0.717) is 24.5 Å². The Hall–Kier alpha value is -2.31. The fourth-order valence-electron chi connectivity index (χ4n) is 6.34. The Balaban J connectivity index is 1.07. The molecule has 1 unspecified atom stereocenters. The Morgan fingerprint density at radius 1 is 0.968 bits per heavy atom. The van der Waals surface area contributed by atoms with Gasteiger partial charge in [-0.25, -0.2) is 9.97 Å². The SMILES string of the molecule is O=C(CN1CCc2cc(-c3cncnc3)ccc2C1)N1C[C@@H]2CC1CN2C1CCCC1. The van der Waals surface area contributed by atoms with Crippen molar-refractivity contribution in [3.8, 4) is 11.1 Å². The van der Waals surface area contributed by atoms with E-state index < -0.39 is 0 Å². The van der Waals surface area contributed by atoms with Crippen LogP contribution in [0.5, 0.6) is 0 Å². The zero-order chi connectivity index (χ0) is 20.8. The lowest BCUT2D eigenvalue weighted by molar-refractivity contribution is -0.135. The first-order valence-electron chi connectivity index (χ1n) is 11.9. The summed E-state index contributed by atoms with van der Waals surface area (Å²) in [6, 6.07) is 8.49. The normalized spacial score (nSPS) is 26.5. The summed E-state index contributed by atoms with van der Waals surface area (Å²) in [6.45, 7) is 4.43. The van der Waals surface area contributed by atoms with E-state index in [2.05, 4.69) is 42.9 Å². The fraction of sp³-hybridized carbons (Fsp3) is 0.560. The van der Waals surface area contributed by atoms with Crippen LogP contribution in [-0.4, -0.2) is 74.9 Å². The van der Waals surface area contributed by atoms with E-state index in [0.717, 1.165) is 44.2 Å². The van der Waals surface area contributed by atoms with Gasteiger partial charge in [-0.05, 0) is 42.4 Å². The predicted molar refractivity (Wildman–Crippen MR) is 119 cm³/mol. The number of rotatable bonds is 4. The van der Waals surface area contributed by atoms with E-state index in [1.807, 2.05) is 12.4 Å². The van der Waals surface area contributed by atoms with Gasteiger partial charge in [0.05, 0.1) is 6.54 Å². The number of benzene rings is 1. The quantitative estimate of drug-likeness (QED) is 0.766. The van der Waals surface area contributed by atoms with Crippen molar-refractivity contribution in [1.82, 2.24) is 24.7 Å². The first-order valence-corrected chi connectivity index (χ1v) is 11.9. The summed E-state index contributed by atoms with van der Waals surface area (Å²) < 4.78 is 0. The van der Waals surface area contributed by atoms with Gasteiger partial charge in [0, 0.05) is 62.3 Å². The van der Waals surface area contributed by atoms with Gasteiger partial charge in [0.1, 0.15) is 6.33 Å². The van der Waals surface area contributed by atoms with Crippen molar-refractivity contribution in [3.63, 3.8) is 0 Å². The molecule has 3 aliphatic heterocycles. The van der Waals surface area contributed by atoms with Gasteiger partial charge >= 0.3 is 0 Å². The molecule has 2 bridgehead atoms. The highest BCUT2D eigenvalue weighted by Crippen LogP contribution is 2.37. The summed E-state index contributed by atoms with van der Waals surface area (Å²) in [5, 5.41) is 0. The van der Waals surface area contributed by atoms with Crippen LogP contribution in [0.3, 0.4) is 0 Å². The summed E-state index contributed by atoms with van der Waals surface area (Å²) in [5.41, 5.74) is 4.95. The van der Waals surface area contributed by atoms with Gasteiger partial charge in [0.25, 0.3) is 0 Å². The highest BCUT2D eigenvalue weighted by Gasteiger charge is 2.47. The van der Waals surface area contributed by atoms with E-state index in [1.165, 1.54) is 48.8 Å². The number of fused-ring (bicyclic) bond motifs is 3. The molecule has 0 spiro atoms. The maximum atomic E-state index is 13.1. The maximum Gasteiger partial charge on any atom is 0.237 e. The second kappa shape index (κ2) is 7.99. The molecule has 1 saturated carbocycles. The van der Waals surface area contributed by atoms with E-state index >= 15 is 0 Å². The van der Waals surface area contributed by atoms with Gasteiger partial charge in [0.15, 0.2) is 0 Å². The first kappa shape index (κ1) is 19.4. The third kappa shape index (κ3) is 3.66. The maximum absolute atomic E-state index is 13.1. The summed E-state index contributed by atoms with van der Waals surface area (Å²) in [7, 11) is 0. The number of hydrogen-bond acceptors (Lipinski definition) is 5. The molecule has 0 N–H and O–H groups in total. The van der Waals surface area contributed by atoms with Crippen molar-refractivity contribution in [2.75, 3.05) is 26.2 Å². The van der Waals surface area contributed by atoms with Crippen LogP contribution in [0.15, 0.2) is 36.9 Å². The van der Waals surface area contributed by atoms with Crippen molar-refractivity contribution in [2.45, 2.75) is 63.2 Å².